The van der Waals surface area contributed by atoms with Crippen LogP contribution in [0.4, 0.5) is 10.1 Å². The average Bonchev–Trinajstić information content (AvgIpc) is 2.61. The normalized spacial score (nSPS) is 10.6. The Balaban J connectivity index is 1.93. The lowest BCUT2D eigenvalue weighted by Gasteiger charge is -2.15. The summed E-state index contributed by atoms with van der Waals surface area (Å²) in [6.07, 6.45) is 2.73. The molecule has 0 radical (unpaired) electrons. The van der Waals surface area contributed by atoms with Gasteiger partial charge in [-0.2, -0.15) is 0 Å². The molecule has 2 rings (SSSR count). The third-order valence-corrected chi connectivity index (χ3v) is 3.83. The summed E-state index contributed by atoms with van der Waals surface area (Å²) >= 11 is 5.97. The number of anilines is 1. The van der Waals surface area contributed by atoms with Crippen LogP contribution in [0, 0.1) is 5.82 Å². The molecule has 0 bridgehead atoms. The van der Waals surface area contributed by atoms with Crippen molar-refractivity contribution in [2.45, 2.75) is 0 Å². The molecule has 2 amide bonds. The van der Waals surface area contributed by atoms with Crippen LogP contribution >= 0.6 is 11.6 Å². The first-order chi connectivity index (χ1) is 12.4. The highest BCUT2D eigenvalue weighted by molar-refractivity contribution is 6.33. The van der Waals surface area contributed by atoms with Crippen molar-refractivity contribution in [3.63, 3.8) is 0 Å². The van der Waals surface area contributed by atoms with Crippen LogP contribution < -0.4 is 10.1 Å². The number of para-hydroxylation sites is 1. The second-order valence-corrected chi connectivity index (χ2v) is 5.86. The fourth-order valence-corrected chi connectivity index (χ4v) is 2.31. The third kappa shape index (κ3) is 5.32. The quantitative estimate of drug-likeness (QED) is 0.784. The van der Waals surface area contributed by atoms with E-state index >= 15 is 0 Å². The monoisotopic (exact) mass is 376 g/mol. The van der Waals surface area contributed by atoms with Crippen LogP contribution in [0.3, 0.4) is 0 Å². The average molecular weight is 377 g/mol. The number of nitrogens with one attached hydrogen (secondary N) is 1. The van der Waals surface area contributed by atoms with Gasteiger partial charge in [-0.25, -0.2) is 4.39 Å². The molecule has 2 aromatic carbocycles. The predicted octanol–water partition coefficient (Wildman–Crippen LogP) is 3.60. The zero-order valence-corrected chi connectivity index (χ0v) is 15.1. The summed E-state index contributed by atoms with van der Waals surface area (Å²) < 4.78 is 18.5. The smallest absolute Gasteiger partial charge is 0.246 e. The molecule has 0 aliphatic rings. The maximum atomic E-state index is 13.6. The molecular formula is C19H18ClFN2O3. The number of hydrogen-bond acceptors (Lipinski definition) is 3. The molecule has 0 aliphatic carbocycles. The zero-order chi connectivity index (χ0) is 19.1. The number of carbonyl (C=O) groups excluding carboxylic acids is 2. The first-order valence-electron chi connectivity index (χ1n) is 7.72. The third-order valence-electron chi connectivity index (χ3n) is 3.50. The van der Waals surface area contributed by atoms with E-state index in [0.717, 1.165) is 0 Å². The van der Waals surface area contributed by atoms with Crippen LogP contribution in [-0.4, -0.2) is 37.4 Å². The molecule has 136 valence electrons. The van der Waals surface area contributed by atoms with Gasteiger partial charge < -0.3 is 15.0 Å². The second kappa shape index (κ2) is 9.01. The molecule has 0 aliphatic heterocycles. The van der Waals surface area contributed by atoms with Crippen LogP contribution in [0.15, 0.2) is 48.5 Å². The lowest BCUT2D eigenvalue weighted by molar-refractivity contribution is -0.129. The van der Waals surface area contributed by atoms with Crippen LogP contribution in [-0.2, 0) is 9.59 Å². The molecule has 0 aromatic heterocycles. The van der Waals surface area contributed by atoms with E-state index in [0.29, 0.717) is 16.3 Å². The fourth-order valence-electron chi connectivity index (χ4n) is 2.13. The predicted molar refractivity (Wildman–Crippen MR) is 99.7 cm³/mol. The first-order valence-corrected chi connectivity index (χ1v) is 8.09. The van der Waals surface area contributed by atoms with E-state index in [4.69, 9.17) is 16.3 Å². The number of benzene rings is 2. The number of rotatable bonds is 6. The molecule has 0 saturated carbocycles. The molecule has 5 nitrogen and oxygen atoms in total. The number of halogens is 2. The van der Waals surface area contributed by atoms with Gasteiger partial charge in [-0.1, -0.05) is 29.8 Å². The van der Waals surface area contributed by atoms with Crippen molar-refractivity contribution in [1.29, 1.82) is 0 Å². The Hall–Kier alpha value is -2.86. The van der Waals surface area contributed by atoms with E-state index < -0.39 is 11.7 Å². The minimum atomic E-state index is -0.519. The molecule has 0 saturated heterocycles. The van der Waals surface area contributed by atoms with E-state index in [1.807, 2.05) is 0 Å². The summed E-state index contributed by atoms with van der Waals surface area (Å²) in [6.45, 7) is -0.147. The highest BCUT2D eigenvalue weighted by atomic mass is 35.5. The molecule has 0 unspecified atom stereocenters. The van der Waals surface area contributed by atoms with Gasteiger partial charge in [0.25, 0.3) is 0 Å². The van der Waals surface area contributed by atoms with E-state index in [9.17, 15) is 14.0 Å². The van der Waals surface area contributed by atoms with E-state index in [-0.39, 0.29) is 18.2 Å². The van der Waals surface area contributed by atoms with Crippen molar-refractivity contribution in [1.82, 2.24) is 4.90 Å². The maximum Gasteiger partial charge on any atom is 0.246 e. The van der Waals surface area contributed by atoms with Crippen LogP contribution in [0.2, 0.25) is 5.02 Å². The van der Waals surface area contributed by atoms with Gasteiger partial charge in [0.15, 0.2) is 11.6 Å². The molecule has 2 aromatic rings. The highest BCUT2D eigenvalue weighted by Crippen LogP contribution is 2.20. The largest absolute Gasteiger partial charge is 0.494 e. The summed E-state index contributed by atoms with van der Waals surface area (Å²) in [5.74, 6) is -1.16. The topological polar surface area (TPSA) is 58.6 Å². The van der Waals surface area contributed by atoms with Crippen LogP contribution in [0.1, 0.15) is 5.56 Å². The van der Waals surface area contributed by atoms with E-state index in [1.54, 1.807) is 30.3 Å². The Kier molecular flexibility index (Phi) is 6.74. The van der Waals surface area contributed by atoms with Gasteiger partial charge in [-0.05, 0) is 35.9 Å². The Morgan fingerprint density at radius 2 is 2.00 bits per heavy atom. The fraction of sp³-hybridized carbons (Fsp3) is 0.158. The molecular weight excluding hydrogens is 359 g/mol. The number of likely N-dealkylation sites (N-methyl/N-ethyl adjacent to an activating group) is 1. The van der Waals surface area contributed by atoms with Gasteiger partial charge in [0, 0.05) is 13.1 Å². The number of nitrogens with zero attached hydrogens (tertiary/aromatic N) is 1. The Morgan fingerprint density at radius 1 is 1.27 bits per heavy atom. The lowest BCUT2D eigenvalue weighted by Crippen LogP contribution is -2.33. The van der Waals surface area contributed by atoms with Gasteiger partial charge in [0.2, 0.25) is 11.8 Å². The lowest BCUT2D eigenvalue weighted by atomic mass is 10.2. The van der Waals surface area contributed by atoms with Crippen LogP contribution in [0.25, 0.3) is 6.08 Å². The zero-order valence-electron chi connectivity index (χ0n) is 14.3. The molecule has 0 atom stereocenters. The molecule has 0 spiro atoms. The van der Waals surface area contributed by atoms with Gasteiger partial charge in [-0.15, -0.1) is 0 Å². The Bertz CT molecular complexity index is 839. The number of amides is 2. The van der Waals surface area contributed by atoms with Gasteiger partial charge >= 0.3 is 0 Å². The van der Waals surface area contributed by atoms with E-state index in [2.05, 4.69) is 5.32 Å². The molecule has 1 N–H and O–H groups in total. The summed E-state index contributed by atoms with van der Waals surface area (Å²) in [6, 6.07) is 11.2. The Labute approximate surface area is 156 Å². The number of carbonyl (C=O) groups is 2. The number of hydrogen-bond donors (Lipinski definition) is 1. The van der Waals surface area contributed by atoms with Crippen molar-refractivity contribution in [2.24, 2.45) is 0 Å². The van der Waals surface area contributed by atoms with Crippen molar-refractivity contribution in [2.75, 3.05) is 26.0 Å². The minimum Gasteiger partial charge on any atom is -0.494 e. The van der Waals surface area contributed by atoms with Crippen molar-refractivity contribution in [3.05, 3.63) is 64.9 Å². The summed E-state index contributed by atoms with van der Waals surface area (Å²) in [5, 5.41) is 3.05. The SMILES string of the molecule is COc1ccc(/C=C/C(=O)N(C)CC(=O)Nc2ccccc2Cl)cc1F. The van der Waals surface area contributed by atoms with Gasteiger partial charge in [0.05, 0.1) is 24.4 Å². The van der Waals surface area contributed by atoms with Crippen molar-refractivity contribution < 1.29 is 18.7 Å². The maximum absolute atomic E-state index is 13.6. The summed E-state index contributed by atoms with van der Waals surface area (Å²) in [5.41, 5.74) is 0.981. The molecule has 0 fully saturated rings. The van der Waals surface area contributed by atoms with Gasteiger partial charge in [0.1, 0.15) is 0 Å². The molecule has 0 heterocycles. The van der Waals surface area contributed by atoms with Crippen LogP contribution in [0.5, 0.6) is 5.75 Å². The summed E-state index contributed by atoms with van der Waals surface area (Å²) in [7, 11) is 2.87. The second-order valence-electron chi connectivity index (χ2n) is 5.45. The summed E-state index contributed by atoms with van der Waals surface area (Å²) in [4.78, 5) is 25.4. The molecule has 26 heavy (non-hydrogen) atoms. The highest BCUT2D eigenvalue weighted by Gasteiger charge is 2.12. The van der Waals surface area contributed by atoms with Gasteiger partial charge in [-0.3, -0.25) is 9.59 Å². The van der Waals surface area contributed by atoms with Crippen molar-refractivity contribution >= 4 is 35.2 Å². The molecule has 7 heteroatoms. The number of methoxy groups -OCH3 is 1. The number of ether oxygens (including phenoxy) is 1. The first kappa shape index (κ1) is 19.5. The van der Waals surface area contributed by atoms with E-state index in [1.165, 1.54) is 43.3 Å². The Morgan fingerprint density at radius 3 is 2.65 bits per heavy atom. The minimum absolute atomic E-state index is 0.127. The van der Waals surface area contributed by atoms with Crippen molar-refractivity contribution in [3.8, 4) is 5.75 Å². The standard InChI is InChI=1S/C19H18ClFN2O3/c1-23(12-18(24)22-16-6-4-3-5-14(16)20)19(25)10-8-13-7-9-17(26-2)15(21)11-13/h3-11H,12H2,1-2H3,(H,22,24)/b10-8+.